The first-order valence-corrected chi connectivity index (χ1v) is 5.53. The summed E-state index contributed by atoms with van der Waals surface area (Å²) in [6.45, 7) is 2.56. The zero-order valence-corrected chi connectivity index (χ0v) is 9.88. The molecule has 0 bridgehead atoms. The van der Waals surface area contributed by atoms with Crippen molar-refractivity contribution in [3.63, 3.8) is 0 Å². The maximum absolute atomic E-state index is 14.2. The zero-order chi connectivity index (χ0) is 12.6. The molecule has 1 saturated heterocycles. The van der Waals surface area contributed by atoms with Gasteiger partial charge in [0, 0.05) is 11.6 Å². The van der Waals surface area contributed by atoms with Gasteiger partial charge in [0.2, 0.25) is 0 Å². The maximum atomic E-state index is 14.2. The number of benzene rings is 1. The molecule has 0 spiro atoms. The second-order valence-electron chi connectivity index (χ2n) is 4.50. The predicted octanol–water partition coefficient (Wildman–Crippen LogP) is 1.84. The van der Waals surface area contributed by atoms with Crippen molar-refractivity contribution in [2.24, 2.45) is 0 Å². The van der Waals surface area contributed by atoms with E-state index >= 15 is 0 Å². The molecule has 5 heteroatoms. The fourth-order valence-corrected chi connectivity index (χ4v) is 2.37. The maximum Gasteiger partial charge on any atom is 0.174 e. The highest BCUT2D eigenvalue weighted by atomic mass is 19.1. The number of halogens is 1. The van der Waals surface area contributed by atoms with E-state index in [2.05, 4.69) is 5.32 Å². The Balaban J connectivity index is 2.62. The lowest BCUT2D eigenvalue weighted by Crippen LogP contribution is -2.34. The first-order valence-electron chi connectivity index (χ1n) is 5.53. The van der Waals surface area contributed by atoms with Crippen molar-refractivity contribution in [2.75, 3.05) is 13.7 Å². The lowest BCUT2D eigenvalue weighted by atomic mass is 9.88. The van der Waals surface area contributed by atoms with Crippen molar-refractivity contribution in [3.8, 4) is 17.2 Å². The summed E-state index contributed by atoms with van der Waals surface area (Å²) >= 11 is 0. The molecular weight excluding hydrogens is 225 g/mol. The minimum Gasteiger partial charge on any atom is -0.504 e. The molecule has 1 heterocycles. The van der Waals surface area contributed by atoms with E-state index < -0.39 is 17.1 Å². The van der Waals surface area contributed by atoms with Gasteiger partial charge in [0.15, 0.2) is 23.1 Å². The van der Waals surface area contributed by atoms with Gasteiger partial charge in [0.05, 0.1) is 12.7 Å². The lowest BCUT2D eigenvalue weighted by Gasteiger charge is -2.27. The molecule has 2 rings (SSSR count). The number of aromatic hydroxyl groups is 2. The summed E-state index contributed by atoms with van der Waals surface area (Å²) in [5.41, 5.74) is -0.591. The third-order valence-electron chi connectivity index (χ3n) is 3.32. The highest BCUT2D eigenvalue weighted by Crippen LogP contribution is 2.45. The van der Waals surface area contributed by atoms with E-state index in [1.165, 1.54) is 7.11 Å². The van der Waals surface area contributed by atoms with Crippen molar-refractivity contribution < 1.29 is 19.3 Å². The van der Waals surface area contributed by atoms with Gasteiger partial charge >= 0.3 is 0 Å². The van der Waals surface area contributed by atoms with E-state index in [-0.39, 0.29) is 17.1 Å². The molecule has 1 atom stereocenters. The minimum absolute atomic E-state index is 0.0646. The number of phenols is 2. The molecule has 1 unspecified atom stereocenters. The lowest BCUT2D eigenvalue weighted by molar-refractivity contribution is 0.328. The average molecular weight is 241 g/mol. The summed E-state index contributed by atoms with van der Waals surface area (Å²) in [4.78, 5) is 0. The number of nitrogens with one attached hydrogen (secondary N) is 1. The summed E-state index contributed by atoms with van der Waals surface area (Å²) in [5.74, 6) is -1.47. The van der Waals surface area contributed by atoms with Crippen LogP contribution in [0.5, 0.6) is 17.2 Å². The Morgan fingerprint density at radius 3 is 2.71 bits per heavy atom. The van der Waals surface area contributed by atoms with Gasteiger partial charge < -0.3 is 20.3 Å². The van der Waals surface area contributed by atoms with Crippen LogP contribution in [0, 0.1) is 5.82 Å². The average Bonchev–Trinajstić information content (AvgIpc) is 2.71. The molecule has 0 radical (unpaired) electrons. The number of hydrogen-bond acceptors (Lipinski definition) is 4. The van der Waals surface area contributed by atoms with Crippen LogP contribution in [0.15, 0.2) is 6.07 Å². The Labute approximate surface area is 99.0 Å². The monoisotopic (exact) mass is 241 g/mol. The van der Waals surface area contributed by atoms with Gasteiger partial charge in [0.1, 0.15) is 0 Å². The highest BCUT2D eigenvalue weighted by molar-refractivity contribution is 5.54. The standard InChI is InChI=1S/C12H16FNO3/c1-12(4-3-5-14-12)9-10(13)8(17-2)6-7(15)11(9)16/h6,14-16H,3-5H2,1-2H3. The van der Waals surface area contributed by atoms with Gasteiger partial charge in [-0.15, -0.1) is 0 Å². The minimum atomic E-state index is -0.666. The van der Waals surface area contributed by atoms with Gasteiger partial charge in [-0.05, 0) is 26.3 Å². The van der Waals surface area contributed by atoms with Crippen molar-refractivity contribution >= 4 is 0 Å². The van der Waals surface area contributed by atoms with Crippen LogP contribution in [0.25, 0.3) is 0 Å². The topological polar surface area (TPSA) is 61.7 Å². The van der Waals surface area contributed by atoms with E-state index in [1.54, 1.807) is 6.92 Å². The second-order valence-corrected chi connectivity index (χ2v) is 4.50. The largest absolute Gasteiger partial charge is 0.504 e. The van der Waals surface area contributed by atoms with Gasteiger partial charge in [0.25, 0.3) is 0 Å². The van der Waals surface area contributed by atoms with Crippen molar-refractivity contribution in [1.29, 1.82) is 0 Å². The third-order valence-corrected chi connectivity index (χ3v) is 3.32. The molecule has 94 valence electrons. The van der Waals surface area contributed by atoms with Crippen LogP contribution < -0.4 is 10.1 Å². The van der Waals surface area contributed by atoms with Crippen LogP contribution in [-0.2, 0) is 5.54 Å². The summed E-state index contributed by atoms with van der Waals surface area (Å²) in [6.07, 6.45) is 1.59. The van der Waals surface area contributed by atoms with Gasteiger partial charge in [-0.1, -0.05) is 0 Å². The SMILES string of the molecule is COc1cc(O)c(O)c(C2(C)CCCN2)c1F. The first-order chi connectivity index (χ1) is 7.99. The molecule has 4 nitrogen and oxygen atoms in total. The van der Waals surface area contributed by atoms with E-state index in [4.69, 9.17) is 4.74 Å². The Hall–Kier alpha value is -1.49. The van der Waals surface area contributed by atoms with Crippen LogP contribution in [0.1, 0.15) is 25.3 Å². The predicted molar refractivity (Wildman–Crippen MR) is 60.9 cm³/mol. The number of phenolic OH excluding ortho intramolecular Hbond substituents is 2. The van der Waals surface area contributed by atoms with Crippen LogP contribution >= 0.6 is 0 Å². The molecule has 1 fully saturated rings. The smallest absolute Gasteiger partial charge is 0.174 e. The molecule has 17 heavy (non-hydrogen) atoms. The van der Waals surface area contributed by atoms with Crippen LogP contribution in [0.4, 0.5) is 4.39 Å². The number of hydrogen-bond donors (Lipinski definition) is 3. The van der Waals surface area contributed by atoms with Gasteiger partial charge in [-0.3, -0.25) is 0 Å². The fourth-order valence-electron chi connectivity index (χ4n) is 2.37. The summed E-state index contributed by atoms with van der Waals surface area (Å²) in [7, 11) is 1.32. The van der Waals surface area contributed by atoms with Crippen LogP contribution in [0.3, 0.4) is 0 Å². The normalized spacial score (nSPS) is 23.9. The number of ether oxygens (including phenoxy) is 1. The summed E-state index contributed by atoms with van der Waals surface area (Å²) in [6, 6.07) is 1.08. The molecule has 0 aromatic heterocycles. The van der Waals surface area contributed by atoms with Gasteiger partial charge in [-0.2, -0.15) is 0 Å². The van der Waals surface area contributed by atoms with E-state index in [9.17, 15) is 14.6 Å². The Morgan fingerprint density at radius 2 is 2.18 bits per heavy atom. The Morgan fingerprint density at radius 1 is 1.47 bits per heavy atom. The molecule has 1 aromatic carbocycles. The summed E-state index contributed by atoms with van der Waals surface area (Å²) < 4.78 is 19.0. The van der Waals surface area contributed by atoms with Crippen LogP contribution in [0.2, 0.25) is 0 Å². The van der Waals surface area contributed by atoms with Crippen molar-refractivity contribution in [3.05, 3.63) is 17.4 Å². The molecule has 1 aliphatic rings. The van der Waals surface area contributed by atoms with E-state index in [0.717, 1.165) is 19.0 Å². The molecule has 0 amide bonds. The van der Waals surface area contributed by atoms with E-state index in [0.29, 0.717) is 6.42 Å². The van der Waals surface area contributed by atoms with Crippen LogP contribution in [-0.4, -0.2) is 23.9 Å². The van der Waals surface area contributed by atoms with Gasteiger partial charge in [-0.25, -0.2) is 4.39 Å². The molecule has 3 N–H and O–H groups in total. The second kappa shape index (κ2) is 4.07. The summed E-state index contributed by atoms with van der Waals surface area (Å²) in [5, 5.41) is 22.6. The fraction of sp³-hybridized carbons (Fsp3) is 0.500. The molecule has 1 aliphatic heterocycles. The number of rotatable bonds is 2. The number of methoxy groups -OCH3 is 1. The quantitative estimate of drug-likeness (QED) is 0.691. The molecule has 0 saturated carbocycles. The van der Waals surface area contributed by atoms with Crippen molar-refractivity contribution in [1.82, 2.24) is 5.32 Å². The molecule has 0 aliphatic carbocycles. The molecular formula is C12H16FNO3. The van der Waals surface area contributed by atoms with E-state index in [1.807, 2.05) is 0 Å². The molecule has 1 aromatic rings. The Bertz CT molecular complexity index is 442. The first kappa shape index (κ1) is 12.0. The third kappa shape index (κ3) is 1.80. The Kier molecular flexibility index (Phi) is 2.87. The van der Waals surface area contributed by atoms with Crippen molar-refractivity contribution in [2.45, 2.75) is 25.3 Å². The highest BCUT2D eigenvalue weighted by Gasteiger charge is 2.37. The zero-order valence-electron chi connectivity index (χ0n) is 9.88.